The molecule has 0 spiro atoms. The van der Waals surface area contributed by atoms with Gasteiger partial charge in [-0.15, -0.1) is 0 Å². The zero-order valence-corrected chi connectivity index (χ0v) is 10.6. The van der Waals surface area contributed by atoms with Crippen molar-refractivity contribution in [1.29, 1.82) is 0 Å². The second-order valence-electron chi connectivity index (χ2n) is 5.15. The fourth-order valence-corrected chi connectivity index (χ4v) is 2.57. The van der Waals surface area contributed by atoms with Crippen LogP contribution in [0, 0.1) is 5.92 Å². The Morgan fingerprint density at radius 2 is 1.88 bits per heavy atom. The van der Waals surface area contributed by atoms with Crippen molar-refractivity contribution in [2.75, 3.05) is 13.2 Å². The summed E-state index contributed by atoms with van der Waals surface area (Å²) in [5, 5.41) is 0. The van der Waals surface area contributed by atoms with Crippen LogP contribution in [0.15, 0.2) is 30.3 Å². The van der Waals surface area contributed by atoms with E-state index in [1.165, 1.54) is 18.4 Å². The fraction of sp³-hybridized carbons (Fsp3) is 0.600. The molecule has 2 unspecified atom stereocenters. The van der Waals surface area contributed by atoms with E-state index in [9.17, 15) is 0 Å². The first-order valence-corrected chi connectivity index (χ1v) is 6.65. The molecule has 1 aromatic rings. The van der Waals surface area contributed by atoms with Crippen molar-refractivity contribution < 1.29 is 4.74 Å². The number of nitrogens with two attached hydrogens (primary N) is 1. The van der Waals surface area contributed by atoms with Gasteiger partial charge in [0.1, 0.15) is 0 Å². The summed E-state index contributed by atoms with van der Waals surface area (Å²) in [4.78, 5) is 0. The van der Waals surface area contributed by atoms with Crippen LogP contribution in [0.1, 0.15) is 37.7 Å². The lowest BCUT2D eigenvalue weighted by molar-refractivity contribution is 0.0611. The molecule has 2 heteroatoms. The van der Waals surface area contributed by atoms with E-state index in [-0.39, 0.29) is 6.04 Å². The Morgan fingerprint density at radius 3 is 2.53 bits per heavy atom. The maximum Gasteiger partial charge on any atom is 0.0468 e. The molecular formula is C15H23NO. The molecule has 2 N–H and O–H groups in total. The third-order valence-electron chi connectivity index (χ3n) is 3.91. The van der Waals surface area contributed by atoms with Gasteiger partial charge < -0.3 is 10.5 Å². The molecule has 0 saturated carbocycles. The van der Waals surface area contributed by atoms with E-state index in [1.54, 1.807) is 0 Å². The Labute approximate surface area is 104 Å². The van der Waals surface area contributed by atoms with Crippen molar-refractivity contribution in [2.45, 2.75) is 38.1 Å². The maximum absolute atomic E-state index is 6.34. The zero-order valence-electron chi connectivity index (χ0n) is 10.6. The first-order valence-electron chi connectivity index (χ1n) is 6.65. The van der Waals surface area contributed by atoms with Crippen molar-refractivity contribution in [2.24, 2.45) is 11.7 Å². The minimum absolute atomic E-state index is 0.264. The minimum Gasteiger partial charge on any atom is -0.381 e. The summed E-state index contributed by atoms with van der Waals surface area (Å²) in [6.07, 6.45) is 3.48. The highest BCUT2D eigenvalue weighted by atomic mass is 16.5. The second-order valence-corrected chi connectivity index (χ2v) is 5.15. The van der Waals surface area contributed by atoms with Crippen LogP contribution in [-0.2, 0) is 4.74 Å². The van der Waals surface area contributed by atoms with E-state index in [2.05, 4.69) is 37.3 Å². The van der Waals surface area contributed by atoms with Crippen LogP contribution in [0.5, 0.6) is 0 Å². The molecule has 0 amide bonds. The normalized spacial score (nSPS) is 21.1. The SMILES string of the molecule is CC(c1ccccc1)C(N)CC1CCOCC1. The molecule has 0 radical (unpaired) electrons. The number of benzene rings is 1. The van der Waals surface area contributed by atoms with Crippen LogP contribution < -0.4 is 5.73 Å². The van der Waals surface area contributed by atoms with Gasteiger partial charge >= 0.3 is 0 Å². The Bertz CT molecular complexity index is 319. The number of hydrogen-bond acceptors (Lipinski definition) is 2. The maximum atomic E-state index is 6.34. The monoisotopic (exact) mass is 233 g/mol. The molecule has 1 aliphatic rings. The average molecular weight is 233 g/mol. The molecule has 1 heterocycles. The molecule has 0 aromatic heterocycles. The van der Waals surface area contributed by atoms with Crippen molar-refractivity contribution in [1.82, 2.24) is 0 Å². The van der Waals surface area contributed by atoms with Gasteiger partial charge in [-0.05, 0) is 36.7 Å². The third-order valence-corrected chi connectivity index (χ3v) is 3.91. The summed E-state index contributed by atoms with van der Waals surface area (Å²) < 4.78 is 5.39. The molecular weight excluding hydrogens is 210 g/mol. The molecule has 2 nitrogen and oxygen atoms in total. The van der Waals surface area contributed by atoms with Crippen LogP contribution in [-0.4, -0.2) is 19.3 Å². The Morgan fingerprint density at radius 1 is 1.24 bits per heavy atom. The van der Waals surface area contributed by atoms with E-state index in [4.69, 9.17) is 10.5 Å². The van der Waals surface area contributed by atoms with Crippen molar-refractivity contribution in [3.63, 3.8) is 0 Å². The first kappa shape index (κ1) is 12.6. The summed E-state index contributed by atoms with van der Waals surface area (Å²) >= 11 is 0. The largest absolute Gasteiger partial charge is 0.381 e. The van der Waals surface area contributed by atoms with Crippen molar-refractivity contribution in [3.8, 4) is 0 Å². The van der Waals surface area contributed by atoms with Gasteiger partial charge in [0.25, 0.3) is 0 Å². The van der Waals surface area contributed by atoms with E-state index < -0.39 is 0 Å². The number of ether oxygens (including phenoxy) is 1. The molecule has 1 fully saturated rings. The van der Waals surface area contributed by atoms with E-state index in [0.717, 1.165) is 25.6 Å². The lowest BCUT2D eigenvalue weighted by Crippen LogP contribution is -2.31. The van der Waals surface area contributed by atoms with Gasteiger partial charge in [0.15, 0.2) is 0 Å². The van der Waals surface area contributed by atoms with E-state index in [0.29, 0.717) is 5.92 Å². The fourth-order valence-electron chi connectivity index (χ4n) is 2.57. The zero-order chi connectivity index (χ0) is 12.1. The second kappa shape index (κ2) is 6.18. The van der Waals surface area contributed by atoms with Gasteiger partial charge in [0.2, 0.25) is 0 Å². The molecule has 17 heavy (non-hydrogen) atoms. The molecule has 0 aliphatic carbocycles. The van der Waals surface area contributed by atoms with Gasteiger partial charge in [-0.25, -0.2) is 0 Å². The third kappa shape index (κ3) is 3.55. The molecule has 2 rings (SSSR count). The van der Waals surface area contributed by atoms with Crippen LogP contribution in [0.4, 0.5) is 0 Å². The highest BCUT2D eigenvalue weighted by Crippen LogP contribution is 2.26. The number of rotatable bonds is 4. The molecule has 1 aromatic carbocycles. The predicted octanol–water partition coefficient (Wildman–Crippen LogP) is 2.93. The van der Waals surface area contributed by atoms with Gasteiger partial charge in [0, 0.05) is 19.3 Å². The topological polar surface area (TPSA) is 35.2 Å². The van der Waals surface area contributed by atoms with Crippen LogP contribution in [0.3, 0.4) is 0 Å². The smallest absolute Gasteiger partial charge is 0.0468 e. The quantitative estimate of drug-likeness (QED) is 0.867. The Kier molecular flexibility index (Phi) is 4.57. The summed E-state index contributed by atoms with van der Waals surface area (Å²) in [6.45, 7) is 4.06. The molecule has 94 valence electrons. The van der Waals surface area contributed by atoms with Crippen LogP contribution in [0.2, 0.25) is 0 Å². The summed E-state index contributed by atoms with van der Waals surface area (Å²) in [6, 6.07) is 10.9. The summed E-state index contributed by atoms with van der Waals surface area (Å²) in [7, 11) is 0. The van der Waals surface area contributed by atoms with Gasteiger partial charge in [-0.1, -0.05) is 37.3 Å². The average Bonchev–Trinajstić information content (AvgIpc) is 2.40. The minimum atomic E-state index is 0.264. The Hall–Kier alpha value is -0.860. The van der Waals surface area contributed by atoms with E-state index in [1.807, 2.05) is 0 Å². The summed E-state index contributed by atoms with van der Waals surface area (Å²) in [5.74, 6) is 1.20. The molecule has 2 atom stereocenters. The summed E-state index contributed by atoms with van der Waals surface area (Å²) in [5.41, 5.74) is 7.69. The van der Waals surface area contributed by atoms with Crippen LogP contribution in [0.25, 0.3) is 0 Å². The lowest BCUT2D eigenvalue weighted by Gasteiger charge is -2.28. The standard InChI is InChI=1S/C15H23NO/c1-12(14-5-3-2-4-6-14)15(16)11-13-7-9-17-10-8-13/h2-6,12-13,15H,7-11,16H2,1H3. The van der Waals surface area contributed by atoms with Crippen LogP contribution >= 0.6 is 0 Å². The van der Waals surface area contributed by atoms with Crippen molar-refractivity contribution >= 4 is 0 Å². The highest BCUT2D eigenvalue weighted by Gasteiger charge is 2.21. The van der Waals surface area contributed by atoms with Crippen molar-refractivity contribution in [3.05, 3.63) is 35.9 Å². The first-order chi connectivity index (χ1) is 8.27. The lowest BCUT2D eigenvalue weighted by atomic mass is 9.85. The molecule has 1 saturated heterocycles. The van der Waals surface area contributed by atoms with Gasteiger partial charge in [-0.3, -0.25) is 0 Å². The van der Waals surface area contributed by atoms with Gasteiger partial charge in [0.05, 0.1) is 0 Å². The highest BCUT2D eigenvalue weighted by molar-refractivity contribution is 5.20. The number of hydrogen-bond donors (Lipinski definition) is 1. The predicted molar refractivity (Wildman–Crippen MR) is 71.0 cm³/mol. The van der Waals surface area contributed by atoms with Gasteiger partial charge in [-0.2, -0.15) is 0 Å². The molecule has 1 aliphatic heterocycles. The Balaban J connectivity index is 1.88. The molecule has 0 bridgehead atoms. The van der Waals surface area contributed by atoms with E-state index >= 15 is 0 Å².